The van der Waals surface area contributed by atoms with Gasteiger partial charge in [0.05, 0.1) is 22.8 Å². The highest BCUT2D eigenvalue weighted by atomic mass is 32.2. The van der Waals surface area contributed by atoms with Crippen molar-refractivity contribution in [1.29, 1.82) is 0 Å². The van der Waals surface area contributed by atoms with Crippen molar-refractivity contribution in [1.82, 2.24) is 15.1 Å². The van der Waals surface area contributed by atoms with Gasteiger partial charge < -0.3 is 5.32 Å². The number of rotatable bonds is 7. The number of aryl methyl sites for hydroxylation is 1. The Morgan fingerprint density at radius 2 is 1.74 bits per heavy atom. The number of anilines is 1. The van der Waals surface area contributed by atoms with E-state index in [2.05, 4.69) is 10.0 Å². The number of sulfonamides is 1. The molecule has 0 saturated heterocycles. The van der Waals surface area contributed by atoms with E-state index >= 15 is 0 Å². The van der Waals surface area contributed by atoms with Crippen LogP contribution in [-0.2, 0) is 29.4 Å². The highest BCUT2D eigenvalue weighted by Crippen LogP contribution is 2.28. The van der Waals surface area contributed by atoms with Crippen molar-refractivity contribution in [3.63, 3.8) is 0 Å². The van der Waals surface area contributed by atoms with Crippen LogP contribution in [-0.4, -0.2) is 24.1 Å². The van der Waals surface area contributed by atoms with Gasteiger partial charge in [0, 0.05) is 16.9 Å². The van der Waals surface area contributed by atoms with Crippen LogP contribution in [0.2, 0.25) is 0 Å². The molecule has 1 aromatic heterocycles. The summed E-state index contributed by atoms with van der Waals surface area (Å²) in [5.41, 5.74) is 6.00. The zero-order chi connectivity index (χ0) is 24.4. The van der Waals surface area contributed by atoms with Gasteiger partial charge in [-0.15, -0.1) is 0 Å². The van der Waals surface area contributed by atoms with Crippen molar-refractivity contribution in [2.45, 2.75) is 37.6 Å². The van der Waals surface area contributed by atoms with E-state index in [9.17, 15) is 13.2 Å². The van der Waals surface area contributed by atoms with E-state index in [-0.39, 0.29) is 22.9 Å². The number of carbonyl (C=O) groups excluding carboxylic acids is 1. The van der Waals surface area contributed by atoms with E-state index < -0.39 is 10.0 Å². The van der Waals surface area contributed by atoms with Crippen LogP contribution in [0.4, 0.5) is 5.69 Å². The Bertz CT molecular complexity index is 1480. The van der Waals surface area contributed by atoms with E-state index in [1.807, 2.05) is 54.1 Å². The molecule has 2 N–H and O–H groups in total. The van der Waals surface area contributed by atoms with Crippen molar-refractivity contribution < 1.29 is 13.2 Å². The van der Waals surface area contributed by atoms with Gasteiger partial charge in [-0.05, 0) is 74.2 Å². The third-order valence-electron chi connectivity index (χ3n) is 6.14. The first-order valence-electron chi connectivity index (χ1n) is 11.5. The first-order valence-corrected chi connectivity index (χ1v) is 13.0. The number of fused-ring (bicyclic) bond motifs is 1. The molecule has 35 heavy (non-hydrogen) atoms. The third kappa shape index (κ3) is 4.83. The van der Waals surface area contributed by atoms with Gasteiger partial charge in [0.2, 0.25) is 0 Å². The maximum Gasteiger partial charge on any atom is 0.261 e. The summed E-state index contributed by atoms with van der Waals surface area (Å²) < 4.78 is 30.2. The van der Waals surface area contributed by atoms with Crippen molar-refractivity contribution in [3.05, 3.63) is 107 Å². The van der Waals surface area contributed by atoms with Crippen LogP contribution < -0.4 is 10.0 Å². The molecule has 1 heterocycles. The molecule has 0 fully saturated rings. The Balaban J connectivity index is 1.32. The van der Waals surface area contributed by atoms with Crippen molar-refractivity contribution in [2.24, 2.45) is 0 Å². The smallest absolute Gasteiger partial charge is 0.261 e. The van der Waals surface area contributed by atoms with Gasteiger partial charge in [-0.3, -0.25) is 9.52 Å². The minimum atomic E-state index is -3.83. The Hall–Kier alpha value is -3.91. The molecule has 7 nitrogen and oxygen atoms in total. The van der Waals surface area contributed by atoms with E-state index in [1.165, 1.54) is 23.4 Å². The number of para-hydroxylation sites is 1. The lowest BCUT2D eigenvalue weighted by atomic mass is 10.2. The van der Waals surface area contributed by atoms with Crippen molar-refractivity contribution in [3.8, 4) is 5.69 Å². The molecule has 178 valence electrons. The molecule has 4 aromatic rings. The number of benzene rings is 3. The van der Waals surface area contributed by atoms with E-state index in [1.54, 1.807) is 24.3 Å². The first-order chi connectivity index (χ1) is 16.9. The molecule has 1 aliphatic rings. The molecule has 0 aliphatic heterocycles. The molecule has 0 unspecified atom stereocenters. The second-order valence-electron chi connectivity index (χ2n) is 8.65. The van der Waals surface area contributed by atoms with Crippen LogP contribution in [0.15, 0.2) is 83.8 Å². The lowest BCUT2D eigenvalue weighted by Crippen LogP contribution is -2.24. The normalized spacial score (nSPS) is 12.8. The Morgan fingerprint density at radius 3 is 2.51 bits per heavy atom. The molecule has 8 heteroatoms. The third-order valence-corrected chi connectivity index (χ3v) is 7.52. The fourth-order valence-corrected chi connectivity index (χ4v) is 5.45. The summed E-state index contributed by atoms with van der Waals surface area (Å²) in [6.07, 6.45) is 2.96. The van der Waals surface area contributed by atoms with Crippen LogP contribution in [0.1, 0.15) is 39.3 Å². The average molecular weight is 487 g/mol. The van der Waals surface area contributed by atoms with Gasteiger partial charge >= 0.3 is 0 Å². The molecule has 1 amide bonds. The minimum absolute atomic E-state index is 0.0278. The Morgan fingerprint density at radius 1 is 0.971 bits per heavy atom. The summed E-state index contributed by atoms with van der Waals surface area (Å²) in [5, 5.41) is 7.69. The first kappa shape index (κ1) is 22.9. The molecule has 3 aromatic carbocycles. The molecule has 1 aliphatic carbocycles. The van der Waals surface area contributed by atoms with Crippen LogP contribution in [0, 0.1) is 6.92 Å². The maximum atomic E-state index is 12.9. The molecular weight excluding hydrogens is 460 g/mol. The lowest BCUT2D eigenvalue weighted by Gasteiger charge is -2.10. The summed E-state index contributed by atoms with van der Waals surface area (Å²) in [7, 11) is -3.83. The summed E-state index contributed by atoms with van der Waals surface area (Å²) >= 11 is 0. The second kappa shape index (κ2) is 9.38. The molecule has 0 spiro atoms. The molecule has 0 bridgehead atoms. The van der Waals surface area contributed by atoms with Crippen molar-refractivity contribution in [2.75, 3.05) is 4.72 Å². The van der Waals surface area contributed by atoms with Gasteiger partial charge in [-0.25, -0.2) is 13.1 Å². The standard InChI is InChI=1S/C27H26N4O3S/c1-19-13-15-21(16-14-19)30-35(33,34)23-10-5-7-20(17-23)27(32)28-18-25-24-11-6-12-26(24)31(29-25)22-8-3-2-4-9-22/h2-5,7-10,13-17,30H,6,11-12,18H2,1H3,(H,28,32). The van der Waals surface area contributed by atoms with E-state index in [0.29, 0.717) is 5.69 Å². The number of nitrogens with zero attached hydrogens (tertiary/aromatic N) is 2. The summed E-state index contributed by atoms with van der Waals surface area (Å²) in [6.45, 7) is 2.21. The second-order valence-corrected chi connectivity index (χ2v) is 10.3. The number of hydrogen-bond donors (Lipinski definition) is 2. The highest BCUT2D eigenvalue weighted by molar-refractivity contribution is 7.92. The predicted octanol–water partition coefficient (Wildman–Crippen LogP) is 4.40. The zero-order valence-electron chi connectivity index (χ0n) is 19.4. The number of amides is 1. The van der Waals surface area contributed by atoms with Crippen LogP contribution in [0.25, 0.3) is 5.69 Å². The van der Waals surface area contributed by atoms with Gasteiger partial charge in [-0.1, -0.05) is 42.0 Å². The fraction of sp³-hybridized carbons (Fsp3) is 0.185. The predicted molar refractivity (Wildman–Crippen MR) is 135 cm³/mol. The Kier molecular flexibility index (Phi) is 6.13. The van der Waals surface area contributed by atoms with Crippen LogP contribution in [0.3, 0.4) is 0 Å². The van der Waals surface area contributed by atoms with E-state index in [4.69, 9.17) is 5.10 Å². The van der Waals surface area contributed by atoms with Gasteiger partial charge in [-0.2, -0.15) is 5.10 Å². The summed E-state index contributed by atoms with van der Waals surface area (Å²) in [4.78, 5) is 12.9. The summed E-state index contributed by atoms with van der Waals surface area (Å²) in [5.74, 6) is -0.349. The fourth-order valence-electron chi connectivity index (χ4n) is 4.34. The maximum absolute atomic E-state index is 12.9. The van der Waals surface area contributed by atoms with Gasteiger partial charge in [0.25, 0.3) is 15.9 Å². The number of nitrogens with one attached hydrogen (secondary N) is 2. The summed E-state index contributed by atoms with van der Waals surface area (Å²) in [6, 6.07) is 23.1. The number of carbonyl (C=O) groups is 1. The SMILES string of the molecule is Cc1ccc(NS(=O)(=O)c2cccc(C(=O)NCc3nn(-c4ccccc4)c4c3CCC4)c2)cc1. The molecule has 0 radical (unpaired) electrons. The largest absolute Gasteiger partial charge is 0.346 e. The number of aromatic nitrogens is 2. The molecular formula is C27H26N4O3S. The minimum Gasteiger partial charge on any atom is -0.346 e. The molecule has 0 atom stereocenters. The van der Waals surface area contributed by atoms with Crippen LogP contribution >= 0.6 is 0 Å². The average Bonchev–Trinajstić information content (AvgIpc) is 3.48. The molecule has 0 saturated carbocycles. The van der Waals surface area contributed by atoms with Crippen LogP contribution in [0.5, 0.6) is 0 Å². The van der Waals surface area contributed by atoms with Crippen molar-refractivity contribution >= 4 is 21.6 Å². The van der Waals surface area contributed by atoms with Gasteiger partial charge in [0.1, 0.15) is 0 Å². The van der Waals surface area contributed by atoms with E-state index in [0.717, 1.165) is 36.2 Å². The quantitative estimate of drug-likeness (QED) is 0.405. The highest BCUT2D eigenvalue weighted by Gasteiger charge is 2.23. The lowest BCUT2D eigenvalue weighted by molar-refractivity contribution is 0.0950. The molecule has 5 rings (SSSR count). The Labute approximate surface area is 204 Å². The topological polar surface area (TPSA) is 93.1 Å². The van der Waals surface area contributed by atoms with Gasteiger partial charge in [0.15, 0.2) is 0 Å². The monoisotopic (exact) mass is 486 g/mol. The number of hydrogen-bond acceptors (Lipinski definition) is 4. The zero-order valence-corrected chi connectivity index (χ0v) is 20.2.